The molecule has 0 saturated carbocycles. The summed E-state index contributed by atoms with van der Waals surface area (Å²) in [7, 11) is 0. The highest BCUT2D eigenvalue weighted by atomic mass is 19.3. The van der Waals surface area contributed by atoms with Crippen LogP contribution in [-0.4, -0.2) is 0 Å². The van der Waals surface area contributed by atoms with Crippen molar-refractivity contribution in [1.82, 2.24) is 0 Å². The zero-order valence-electron chi connectivity index (χ0n) is 7.94. The highest BCUT2D eigenvalue weighted by Crippen LogP contribution is 2.20. The van der Waals surface area contributed by atoms with Gasteiger partial charge in [0.1, 0.15) is 5.82 Å². The highest BCUT2D eigenvalue weighted by Gasteiger charge is 2.07. The van der Waals surface area contributed by atoms with Crippen LogP contribution in [0, 0.1) is 12.7 Å². The van der Waals surface area contributed by atoms with Gasteiger partial charge in [0.05, 0.1) is 0 Å². The predicted molar refractivity (Wildman–Crippen MR) is 47.4 cm³/mol. The minimum Gasteiger partial charge on any atom is -0.207 e. The molecule has 0 unspecified atom stereocenters. The van der Waals surface area contributed by atoms with Crippen molar-refractivity contribution in [2.24, 2.45) is 0 Å². The zero-order chi connectivity index (χ0) is 10.4. The Hall–Kier alpha value is -0.990. The number of benzene rings is 1. The van der Waals surface area contributed by atoms with Gasteiger partial charge in [-0.2, -0.15) is 0 Å². The maximum atomic E-state index is 12.5. The van der Waals surface area contributed by atoms with E-state index in [4.69, 9.17) is 0 Å². The molecule has 0 saturated heterocycles. The van der Waals surface area contributed by atoms with Gasteiger partial charge in [-0.1, -0.05) is 19.9 Å². The molecule has 0 aromatic heterocycles. The van der Waals surface area contributed by atoms with Crippen LogP contribution in [-0.2, 0) is 0 Å². The number of rotatable bonds is 1. The molecule has 0 radical (unpaired) electrons. The standard InChI is InChI=1S/C8H7F3.C2H6/c1-5-2-6(8(10)11)4-7(9)3-5;1-2/h2-4,8H,1H3;1-2H3. The number of hydrogen-bond acceptors (Lipinski definition) is 0. The van der Waals surface area contributed by atoms with Crippen molar-refractivity contribution in [3.8, 4) is 0 Å². The molecule has 1 rings (SSSR count). The molecule has 74 valence electrons. The summed E-state index contributed by atoms with van der Waals surface area (Å²) in [5.74, 6) is -0.611. The molecule has 3 heteroatoms. The maximum Gasteiger partial charge on any atom is 0.263 e. The van der Waals surface area contributed by atoms with E-state index in [1.165, 1.54) is 12.1 Å². The van der Waals surface area contributed by atoms with E-state index in [0.717, 1.165) is 6.07 Å². The molecule has 0 aliphatic rings. The van der Waals surface area contributed by atoms with Crippen LogP contribution in [0.25, 0.3) is 0 Å². The molecule has 0 heterocycles. The van der Waals surface area contributed by atoms with Crippen LogP contribution in [0.15, 0.2) is 18.2 Å². The molecular weight excluding hydrogens is 177 g/mol. The van der Waals surface area contributed by atoms with Crippen molar-refractivity contribution in [2.45, 2.75) is 27.2 Å². The van der Waals surface area contributed by atoms with Crippen LogP contribution in [0.4, 0.5) is 13.2 Å². The van der Waals surface area contributed by atoms with E-state index in [2.05, 4.69) is 0 Å². The van der Waals surface area contributed by atoms with Crippen molar-refractivity contribution in [3.63, 3.8) is 0 Å². The highest BCUT2D eigenvalue weighted by molar-refractivity contribution is 5.24. The SMILES string of the molecule is CC.Cc1cc(F)cc(C(F)F)c1. The number of halogens is 3. The summed E-state index contributed by atoms with van der Waals surface area (Å²) in [4.78, 5) is 0. The Kier molecular flexibility index (Phi) is 5.19. The largest absolute Gasteiger partial charge is 0.263 e. The van der Waals surface area contributed by atoms with Gasteiger partial charge in [-0.3, -0.25) is 0 Å². The minimum absolute atomic E-state index is 0.262. The van der Waals surface area contributed by atoms with Crippen molar-refractivity contribution >= 4 is 0 Å². The average Bonchev–Trinajstić information content (AvgIpc) is 2.06. The third-order valence-electron chi connectivity index (χ3n) is 1.32. The normalized spacial score (nSPS) is 9.46. The Morgan fingerprint density at radius 2 is 1.62 bits per heavy atom. The van der Waals surface area contributed by atoms with E-state index in [1.54, 1.807) is 6.92 Å². The maximum absolute atomic E-state index is 12.5. The van der Waals surface area contributed by atoms with E-state index in [1.807, 2.05) is 13.8 Å². The summed E-state index contributed by atoms with van der Waals surface area (Å²) in [5, 5.41) is 0. The molecule has 13 heavy (non-hydrogen) atoms. The monoisotopic (exact) mass is 190 g/mol. The summed E-state index contributed by atoms with van der Waals surface area (Å²) in [6.45, 7) is 5.58. The quantitative estimate of drug-likeness (QED) is 0.625. The van der Waals surface area contributed by atoms with Crippen LogP contribution < -0.4 is 0 Å². The third-order valence-corrected chi connectivity index (χ3v) is 1.32. The molecule has 0 fully saturated rings. The molecule has 0 atom stereocenters. The van der Waals surface area contributed by atoms with Crippen LogP contribution >= 0.6 is 0 Å². The summed E-state index contributed by atoms with van der Waals surface area (Å²) in [5.41, 5.74) is 0.253. The smallest absolute Gasteiger partial charge is 0.207 e. The first kappa shape index (κ1) is 12.0. The molecular formula is C10H13F3. The van der Waals surface area contributed by atoms with Gasteiger partial charge in [-0.05, 0) is 24.6 Å². The lowest BCUT2D eigenvalue weighted by Gasteiger charge is -2.00. The lowest BCUT2D eigenvalue weighted by molar-refractivity contribution is 0.151. The average molecular weight is 190 g/mol. The van der Waals surface area contributed by atoms with Gasteiger partial charge < -0.3 is 0 Å². The Balaban J connectivity index is 0.000000671. The minimum atomic E-state index is -2.59. The lowest BCUT2D eigenvalue weighted by atomic mass is 10.1. The Labute approximate surface area is 76.4 Å². The van der Waals surface area contributed by atoms with Crippen LogP contribution in [0.3, 0.4) is 0 Å². The molecule has 0 aliphatic carbocycles. The Bertz CT molecular complexity index is 236. The topological polar surface area (TPSA) is 0 Å². The molecule has 0 bridgehead atoms. The Morgan fingerprint density at radius 1 is 1.08 bits per heavy atom. The zero-order valence-corrected chi connectivity index (χ0v) is 7.94. The first-order valence-corrected chi connectivity index (χ1v) is 4.15. The fourth-order valence-electron chi connectivity index (χ4n) is 0.891. The fourth-order valence-corrected chi connectivity index (χ4v) is 0.891. The van der Waals surface area contributed by atoms with Gasteiger partial charge >= 0.3 is 0 Å². The van der Waals surface area contributed by atoms with Gasteiger partial charge in [0.25, 0.3) is 6.43 Å². The molecule has 0 spiro atoms. The Morgan fingerprint density at radius 3 is 2.00 bits per heavy atom. The van der Waals surface area contributed by atoms with Crippen molar-refractivity contribution in [1.29, 1.82) is 0 Å². The van der Waals surface area contributed by atoms with E-state index in [-0.39, 0.29) is 5.56 Å². The van der Waals surface area contributed by atoms with Gasteiger partial charge in [-0.15, -0.1) is 0 Å². The van der Waals surface area contributed by atoms with E-state index in [9.17, 15) is 13.2 Å². The van der Waals surface area contributed by atoms with Crippen molar-refractivity contribution < 1.29 is 13.2 Å². The third kappa shape index (κ3) is 3.97. The van der Waals surface area contributed by atoms with Crippen LogP contribution in [0.5, 0.6) is 0 Å². The second-order valence-electron chi connectivity index (χ2n) is 2.36. The second kappa shape index (κ2) is 5.62. The van der Waals surface area contributed by atoms with Crippen molar-refractivity contribution in [3.05, 3.63) is 35.1 Å². The molecule has 0 amide bonds. The summed E-state index contributed by atoms with van der Waals surface area (Å²) < 4.78 is 36.4. The summed E-state index contributed by atoms with van der Waals surface area (Å²) >= 11 is 0. The summed E-state index contributed by atoms with van der Waals surface area (Å²) in [6, 6.07) is 3.33. The van der Waals surface area contributed by atoms with Crippen LogP contribution in [0.2, 0.25) is 0 Å². The molecule has 1 aromatic rings. The number of hydrogen-bond donors (Lipinski definition) is 0. The van der Waals surface area contributed by atoms with Crippen LogP contribution in [0.1, 0.15) is 31.4 Å². The van der Waals surface area contributed by atoms with E-state index in [0.29, 0.717) is 5.56 Å². The van der Waals surface area contributed by atoms with E-state index < -0.39 is 12.2 Å². The predicted octanol–water partition coefficient (Wildman–Crippen LogP) is 4.10. The fraction of sp³-hybridized carbons (Fsp3) is 0.400. The molecule has 0 nitrogen and oxygen atoms in total. The van der Waals surface area contributed by atoms with Gasteiger partial charge in [-0.25, -0.2) is 13.2 Å². The van der Waals surface area contributed by atoms with Gasteiger partial charge in [0.15, 0.2) is 0 Å². The van der Waals surface area contributed by atoms with E-state index >= 15 is 0 Å². The molecule has 0 aliphatic heterocycles. The molecule has 1 aromatic carbocycles. The van der Waals surface area contributed by atoms with Crippen molar-refractivity contribution in [2.75, 3.05) is 0 Å². The first-order valence-electron chi connectivity index (χ1n) is 4.15. The molecule has 0 N–H and O–H groups in total. The lowest BCUT2D eigenvalue weighted by Crippen LogP contribution is -1.87. The van der Waals surface area contributed by atoms with Gasteiger partial charge in [0, 0.05) is 5.56 Å². The second-order valence-corrected chi connectivity index (χ2v) is 2.36. The number of alkyl halides is 2. The first-order chi connectivity index (χ1) is 6.09. The number of aryl methyl sites for hydroxylation is 1. The summed E-state index contributed by atoms with van der Waals surface area (Å²) in [6.07, 6.45) is -2.59. The van der Waals surface area contributed by atoms with Gasteiger partial charge in [0.2, 0.25) is 0 Å².